The summed E-state index contributed by atoms with van der Waals surface area (Å²) in [6.07, 6.45) is 0. The number of rotatable bonds is 3. The minimum Gasteiger partial charge on any atom is -0.384 e. The molecule has 72 valence electrons. The van der Waals surface area contributed by atoms with Gasteiger partial charge in [0.1, 0.15) is 6.07 Å². The Kier molecular flexibility index (Phi) is 2.66. The second-order valence-corrected chi connectivity index (χ2v) is 3.56. The van der Waals surface area contributed by atoms with Gasteiger partial charge in [0.15, 0.2) is 0 Å². The molecule has 0 unspecified atom stereocenters. The highest BCUT2D eigenvalue weighted by atomic mass is 15.0. The van der Waals surface area contributed by atoms with Crippen molar-refractivity contribution >= 4 is 5.69 Å². The van der Waals surface area contributed by atoms with Gasteiger partial charge < -0.3 is 10.6 Å². The molecule has 0 radical (unpaired) electrons. The van der Waals surface area contributed by atoms with E-state index < -0.39 is 0 Å². The zero-order valence-corrected chi connectivity index (χ0v) is 7.96. The summed E-state index contributed by atoms with van der Waals surface area (Å²) in [6.45, 7) is 3.12. The lowest BCUT2D eigenvalue weighted by Gasteiger charge is -2.27. The van der Waals surface area contributed by atoms with E-state index in [9.17, 15) is 0 Å². The van der Waals surface area contributed by atoms with Crippen molar-refractivity contribution in [3.8, 4) is 6.07 Å². The molecule has 1 fully saturated rings. The van der Waals surface area contributed by atoms with Gasteiger partial charge in [-0.25, -0.2) is 0 Å². The Morgan fingerprint density at radius 2 is 2.21 bits per heavy atom. The molecule has 0 bridgehead atoms. The van der Waals surface area contributed by atoms with Gasteiger partial charge in [-0.15, -0.1) is 0 Å². The summed E-state index contributed by atoms with van der Waals surface area (Å²) in [7, 11) is 0. The molecule has 1 aliphatic rings. The van der Waals surface area contributed by atoms with Crippen LogP contribution in [-0.2, 0) is 0 Å². The predicted octanol–water partition coefficient (Wildman–Crippen LogP) is 1.19. The Bertz CT molecular complexity index is 350. The third kappa shape index (κ3) is 1.86. The van der Waals surface area contributed by atoms with Crippen molar-refractivity contribution in [2.75, 3.05) is 25.0 Å². The number of nitriles is 1. The molecule has 1 aromatic rings. The first-order chi connectivity index (χ1) is 6.90. The fourth-order valence-electron chi connectivity index (χ4n) is 1.48. The van der Waals surface area contributed by atoms with Gasteiger partial charge in [-0.1, -0.05) is 12.1 Å². The van der Waals surface area contributed by atoms with E-state index in [1.54, 1.807) is 0 Å². The SMILES string of the molecule is N#Cc1ccccc1NCC1CNC1. The molecular weight excluding hydrogens is 174 g/mol. The zero-order chi connectivity index (χ0) is 9.80. The first kappa shape index (κ1) is 9.04. The molecule has 1 aromatic carbocycles. The van der Waals surface area contributed by atoms with Crippen LogP contribution in [0, 0.1) is 17.2 Å². The van der Waals surface area contributed by atoms with E-state index in [2.05, 4.69) is 16.7 Å². The van der Waals surface area contributed by atoms with E-state index >= 15 is 0 Å². The fraction of sp³-hybridized carbons (Fsp3) is 0.364. The molecule has 2 rings (SSSR count). The highest BCUT2D eigenvalue weighted by molar-refractivity contribution is 5.57. The summed E-state index contributed by atoms with van der Waals surface area (Å²) in [4.78, 5) is 0. The topological polar surface area (TPSA) is 47.9 Å². The molecule has 3 heteroatoms. The summed E-state index contributed by atoms with van der Waals surface area (Å²) in [6, 6.07) is 9.79. The van der Waals surface area contributed by atoms with Crippen LogP contribution >= 0.6 is 0 Å². The van der Waals surface area contributed by atoms with Crippen molar-refractivity contribution in [3.05, 3.63) is 29.8 Å². The minimum atomic E-state index is 0.710. The van der Waals surface area contributed by atoms with Crippen LogP contribution in [0.1, 0.15) is 5.56 Å². The molecular formula is C11H13N3. The first-order valence-corrected chi connectivity index (χ1v) is 4.84. The predicted molar refractivity (Wildman–Crippen MR) is 56.0 cm³/mol. The van der Waals surface area contributed by atoms with Crippen molar-refractivity contribution in [2.24, 2.45) is 5.92 Å². The average molecular weight is 187 g/mol. The van der Waals surface area contributed by atoms with Crippen molar-refractivity contribution in [1.82, 2.24) is 5.32 Å². The number of hydrogen-bond acceptors (Lipinski definition) is 3. The molecule has 0 aromatic heterocycles. The number of hydrogen-bond donors (Lipinski definition) is 2. The Morgan fingerprint density at radius 1 is 1.43 bits per heavy atom. The molecule has 2 N–H and O–H groups in total. The number of benzene rings is 1. The van der Waals surface area contributed by atoms with Crippen LogP contribution in [0.3, 0.4) is 0 Å². The molecule has 0 aliphatic carbocycles. The lowest BCUT2D eigenvalue weighted by molar-refractivity contribution is 0.365. The lowest BCUT2D eigenvalue weighted by Crippen LogP contribution is -2.45. The Labute approximate surface area is 83.7 Å². The summed E-state index contributed by atoms with van der Waals surface area (Å²) in [5.41, 5.74) is 1.67. The van der Waals surface area contributed by atoms with E-state index in [0.717, 1.165) is 30.9 Å². The molecule has 1 saturated heterocycles. The smallest absolute Gasteiger partial charge is 0.101 e. The highest BCUT2D eigenvalue weighted by Gasteiger charge is 2.16. The fourth-order valence-corrected chi connectivity index (χ4v) is 1.48. The second kappa shape index (κ2) is 4.12. The van der Waals surface area contributed by atoms with Gasteiger partial charge in [-0.3, -0.25) is 0 Å². The van der Waals surface area contributed by atoms with Gasteiger partial charge in [0.25, 0.3) is 0 Å². The van der Waals surface area contributed by atoms with Crippen LogP contribution in [0.5, 0.6) is 0 Å². The van der Waals surface area contributed by atoms with Gasteiger partial charge in [0.2, 0.25) is 0 Å². The normalized spacial score (nSPS) is 15.6. The van der Waals surface area contributed by atoms with Crippen molar-refractivity contribution in [1.29, 1.82) is 5.26 Å². The van der Waals surface area contributed by atoms with E-state index in [0.29, 0.717) is 5.92 Å². The van der Waals surface area contributed by atoms with Crippen LogP contribution < -0.4 is 10.6 Å². The van der Waals surface area contributed by atoms with Gasteiger partial charge in [-0.2, -0.15) is 5.26 Å². The number of nitrogens with zero attached hydrogens (tertiary/aromatic N) is 1. The first-order valence-electron chi connectivity index (χ1n) is 4.84. The van der Waals surface area contributed by atoms with Crippen molar-refractivity contribution in [3.63, 3.8) is 0 Å². The van der Waals surface area contributed by atoms with Gasteiger partial charge in [0, 0.05) is 25.6 Å². The molecule has 0 saturated carbocycles. The summed E-state index contributed by atoms with van der Waals surface area (Å²) >= 11 is 0. The Morgan fingerprint density at radius 3 is 2.86 bits per heavy atom. The molecule has 3 nitrogen and oxygen atoms in total. The largest absolute Gasteiger partial charge is 0.384 e. The Hall–Kier alpha value is -1.53. The summed E-state index contributed by atoms with van der Waals surface area (Å²) in [5.74, 6) is 0.710. The standard InChI is InChI=1S/C11H13N3/c12-5-10-3-1-2-4-11(10)14-8-9-6-13-7-9/h1-4,9,13-14H,6-8H2. The Balaban J connectivity index is 1.97. The van der Waals surface area contributed by atoms with Crippen LogP contribution in [0.25, 0.3) is 0 Å². The molecule has 0 atom stereocenters. The number of anilines is 1. The van der Waals surface area contributed by atoms with Gasteiger partial charge in [-0.05, 0) is 12.1 Å². The molecule has 1 heterocycles. The monoisotopic (exact) mass is 187 g/mol. The van der Waals surface area contributed by atoms with E-state index in [-0.39, 0.29) is 0 Å². The molecule has 0 spiro atoms. The number of nitrogens with one attached hydrogen (secondary N) is 2. The third-order valence-electron chi connectivity index (χ3n) is 2.49. The molecule has 14 heavy (non-hydrogen) atoms. The van der Waals surface area contributed by atoms with Crippen LogP contribution in [0.15, 0.2) is 24.3 Å². The van der Waals surface area contributed by atoms with Crippen molar-refractivity contribution < 1.29 is 0 Å². The zero-order valence-electron chi connectivity index (χ0n) is 7.96. The van der Waals surface area contributed by atoms with Crippen molar-refractivity contribution in [2.45, 2.75) is 0 Å². The maximum absolute atomic E-state index is 8.85. The van der Waals surface area contributed by atoms with Crippen LogP contribution in [0.2, 0.25) is 0 Å². The summed E-state index contributed by atoms with van der Waals surface area (Å²) in [5, 5.41) is 15.4. The van der Waals surface area contributed by atoms with Crippen LogP contribution in [-0.4, -0.2) is 19.6 Å². The van der Waals surface area contributed by atoms with Crippen LogP contribution in [0.4, 0.5) is 5.69 Å². The van der Waals surface area contributed by atoms with Gasteiger partial charge >= 0.3 is 0 Å². The second-order valence-electron chi connectivity index (χ2n) is 3.56. The average Bonchev–Trinajstić information content (AvgIpc) is 2.16. The van der Waals surface area contributed by atoms with E-state index in [1.807, 2.05) is 24.3 Å². The quantitative estimate of drug-likeness (QED) is 0.747. The maximum atomic E-state index is 8.85. The number of para-hydroxylation sites is 1. The third-order valence-corrected chi connectivity index (χ3v) is 2.49. The maximum Gasteiger partial charge on any atom is 0.101 e. The minimum absolute atomic E-state index is 0.710. The van der Waals surface area contributed by atoms with E-state index in [1.165, 1.54) is 0 Å². The molecule has 0 amide bonds. The molecule has 1 aliphatic heterocycles. The highest BCUT2D eigenvalue weighted by Crippen LogP contribution is 2.14. The summed E-state index contributed by atoms with van der Waals surface area (Å²) < 4.78 is 0. The van der Waals surface area contributed by atoms with E-state index in [4.69, 9.17) is 5.26 Å². The van der Waals surface area contributed by atoms with Gasteiger partial charge in [0.05, 0.1) is 11.3 Å². The lowest BCUT2D eigenvalue weighted by atomic mass is 10.0.